The average Bonchev–Trinajstić information content (AvgIpc) is 3.53. The van der Waals surface area contributed by atoms with E-state index < -0.39 is 11.6 Å². The minimum atomic E-state index is -0.587. The Morgan fingerprint density at radius 2 is 1.87 bits per heavy atom. The number of primary amides is 1. The minimum absolute atomic E-state index is 0.119. The molecule has 1 amide bonds. The predicted octanol–water partition coefficient (Wildman–Crippen LogP) is 2.43. The maximum atomic E-state index is 12.9. The Hall–Kier alpha value is -2.02. The number of hydrogen-bond acceptors (Lipinski definition) is 5. The zero-order valence-corrected chi connectivity index (χ0v) is 17.8. The van der Waals surface area contributed by atoms with Crippen LogP contribution in [0.5, 0.6) is 0 Å². The zero-order chi connectivity index (χ0) is 20.8. The number of hydrogen-bond donors (Lipinski definition) is 1. The molecular weight excluding hydrogens is 376 g/mol. The first kappa shape index (κ1) is 19.9. The fraction of sp³-hybridized carbons (Fsp3) is 0.583. The SMILES string of the molecule is CC1CN(C2(N3CCC4(CC3)CC4)C(c3ccncc3)=CC=CC2C(N)=O)CCO1. The monoisotopic (exact) mass is 408 g/mol. The van der Waals surface area contributed by atoms with E-state index in [4.69, 9.17) is 10.5 Å². The van der Waals surface area contributed by atoms with Crippen molar-refractivity contribution in [2.24, 2.45) is 17.1 Å². The second-order valence-corrected chi connectivity index (χ2v) is 9.42. The summed E-state index contributed by atoms with van der Waals surface area (Å²) in [4.78, 5) is 22.1. The fourth-order valence-corrected chi connectivity index (χ4v) is 5.88. The number of aromatic nitrogens is 1. The molecule has 30 heavy (non-hydrogen) atoms. The number of amides is 1. The number of carbonyl (C=O) groups is 1. The van der Waals surface area contributed by atoms with E-state index in [9.17, 15) is 4.79 Å². The molecule has 1 spiro atoms. The van der Waals surface area contributed by atoms with E-state index in [-0.39, 0.29) is 12.0 Å². The van der Waals surface area contributed by atoms with Crippen LogP contribution in [0.1, 0.15) is 38.2 Å². The molecule has 0 bridgehead atoms. The van der Waals surface area contributed by atoms with Gasteiger partial charge in [0.2, 0.25) is 5.91 Å². The Bertz CT molecular complexity index is 853. The molecule has 160 valence electrons. The summed E-state index contributed by atoms with van der Waals surface area (Å²) in [5, 5.41) is 0. The van der Waals surface area contributed by atoms with Crippen LogP contribution in [-0.2, 0) is 9.53 Å². The first-order chi connectivity index (χ1) is 14.6. The maximum Gasteiger partial charge on any atom is 0.227 e. The summed E-state index contributed by atoms with van der Waals surface area (Å²) in [5.74, 6) is -0.680. The van der Waals surface area contributed by atoms with Gasteiger partial charge in [0, 0.05) is 38.6 Å². The molecule has 3 atom stereocenters. The van der Waals surface area contributed by atoms with Crippen LogP contribution in [0.15, 0.2) is 42.8 Å². The lowest BCUT2D eigenvalue weighted by Crippen LogP contribution is -2.71. The smallest absolute Gasteiger partial charge is 0.227 e. The number of ether oxygens (including phenoxy) is 1. The van der Waals surface area contributed by atoms with Crippen LogP contribution in [0.4, 0.5) is 0 Å². The fourth-order valence-electron chi connectivity index (χ4n) is 5.88. The second kappa shape index (κ2) is 7.59. The Morgan fingerprint density at radius 3 is 2.50 bits per heavy atom. The molecule has 1 aromatic heterocycles. The Labute approximate surface area is 178 Å². The molecule has 3 unspecified atom stereocenters. The van der Waals surface area contributed by atoms with Gasteiger partial charge in [-0.15, -0.1) is 0 Å². The van der Waals surface area contributed by atoms with Crippen LogP contribution in [0.25, 0.3) is 5.57 Å². The van der Waals surface area contributed by atoms with Crippen LogP contribution in [-0.4, -0.2) is 65.2 Å². The van der Waals surface area contributed by atoms with Gasteiger partial charge in [-0.2, -0.15) is 0 Å². The van der Waals surface area contributed by atoms with E-state index in [0.29, 0.717) is 12.0 Å². The van der Waals surface area contributed by atoms with Crippen molar-refractivity contribution in [2.45, 2.75) is 44.4 Å². The number of nitrogens with two attached hydrogens (primary N) is 1. The van der Waals surface area contributed by atoms with Gasteiger partial charge in [-0.25, -0.2) is 0 Å². The summed E-state index contributed by atoms with van der Waals surface area (Å²) < 4.78 is 5.89. The third kappa shape index (κ3) is 3.22. The molecule has 1 saturated carbocycles. The molecule has 2 saturated heterocycles. The molecule has 2 aliphatic carbocycles. The average molecular weight is 409 g/mol. The summed E-state index contributed by atoms with van der Waals surface area (Å²) in [6, 6.07) is 4.10. The molecule has 0 aromatic carbocycles. The number of allylic oxidation sites excluding steroid dienone is 2. The van der Waals surface area contributed by atoms with Gasteiger partial charge < -0.3 is 10.5 Å². The van der Waals surface area contributed by atoms with E-state index in [0.717, 1.165) is 37.3 Å². The van der Waals surface area contributed by atoms with Gasteiger partial charge in [0.1, 0.15) is 5.66 Å². The number of piperidine rings is 1. The Balaban J connectivity index is 1.64. The van der Waals surface area contributed by atoms with E-state index in [1.807, 2.05) is 36.7 Å². The molecule has 1 aromatic rings. The molecule has 0 radical (unpaired) electrons. The molecular formula is C24H32N4O2. The van der Waals surface area contributed by atoms with Crippen LogP contribution in [0.3, 0.4) is 0 Å². The van der Waals surface area contributed by atoms with Gasteiger partial charge in [0.15, 0.2) is 0 Å². The highest BCUT2D eigenvalue weighted by Gasteiger charge is 2.57. The molecule has 4 aliphatic rings. The minimum Gasteiger partial charge on any atom is -0.376 e. The highest BCUT2D eigenvalue weighted by molar-refractivity contribution is 5.88. The van der Waals surface area contributed by atoms with Crippen LogP contribution < -0.4 is 5.73 Å². The van der Waals surface area contributed by atoms with Crippen molar-refractivity contribution < 1.29 is 9.53 Å². The summed E-state index contributed by atoms with van der Waals surface area (Å²) in [6.45, 7) is 6.33. The number of likely N-dealkylation sites (tertiary alicyclic amines) is 1. The van der Waals surface area contributed by atoms with Crippen molar-refractivity contribution in [2.75, 3.05) is 32.8 Å². The molecule has 3 heterocycles. The quantitative estimate of drug-likeness (QED) is 0.829. The predicted molar refractivity (Wildman–Crippen MR) is 116 cm³/mol. The van der Waals surface area contributed by atoms with Crippen LogP contribution >= 0.6 is 0 Å². The zero-order valence-electron chi connectivity index (χ0n) is 17.8. The van der Waals surface area contributed by atoms with Crippen molar-refractivity contribution in [3.63, 3.8) is 0 Å². The van der Waals surface area contributed by atoms with Crippen LogP contribution in [0, 0.1) is 11.3 Å². The number of carbonyl (C=O) groups excluding carboxylic acids is 1. The summed E-state index contributed by atoms with van der Waals surface area (Å²) in [6.07, 6.45) is 15.1. The second-order valence-electron chi connectivity index (χ2n) is 9.42. The highest BCUT2D eigenvalue weighted by atomic mass is 16.5. The lowest BCUT2D eigenvalue weighted by molar-refractivity contribution is -0.143. The van der Waals surface area contributed by atoms with Crippen LogP contribution in [0.2, 0.25) is 0 Å². The molecule has 2 N–H and O–H groups in total. The molecule has 6 heteroatoms. The third-order valence-corrected chi connectivity index (χ3v) is 7.68. The number of morpholine rings is 1. The molecule has 5 rings (SSSR count). The molecule has 6 nitrogen and oxygen atoms in total. The topological polar surface area (TPSA) is 71.7 Å². The Morgan fingerprint density at radius 1 is 1.13 bits per heavy atom. The molecule has 2 aliphatic heterocycles. The van der Waals surface area contributed by atoms with Crippen molar-refractivity contribution in [1.29, 1.82) is 0 Å². The van der Waals surface area contributed by atoms with Gasteiger partial charge in [-0.1, -0.05) is 18.2 Å². The van der Waals surface area contributed by atoms with Crippen molar-refractivity contribution in [3.05, 3.63) is 48.3 Å². The van der Waals surface area contributed by atoms with Gasteiger partial charge in [-0.3, -0.25) is 19.6 Å². The maximum absolute atomic E-state index is 12.9. The Kier molecular flexibility index (Phi) is 5.04. The van der Waals surface area contributed by atoms with E-state index in [1.165, 1.54) is 25.7 Å². The number of pyridine rings is 1. The summed E-state index contributed by atoms with van der Waals surface area (Å²) in [5.41, 5.74) is 8.31. The third-order valence-electron chi connectivity index (χ3n) is 7.68. The van der Waals surface area contributed by atoms with Crippen molar-refractivity contribution in [1.82, 2.24) is 14.8 Å². The van der Waals surface area contributed by atoms with Gasteiger partial charge >= 0.3 is 0 Å². The lowest BCUT2D eigenvalue weighted by atomic mass is 9.74. The normalized spacial score (nSPS) is 34.0. The first-order valence-electron chi connectivity index (χ1n) is 11.3. The lowest BCUT2D eigenvalue weighted by Gasteiger charge is -2.58. The standard InChI is InChI=1S/C24H32N4O2/c1-18-17-28(15-16-30-18)24(27-13-9-23(7-8-23)10-14-27)20(19-5-11-26-12-6-19)3-2-4-21(24)22(25)29/h2-6,11-12,18,21H,7-10,13-17H2,1H3,(H2,25,29). The molecule has 3 fully saturated rings. The van der Waals surface area contributed by atoms with Crippen molar-refractivity contribution in [3.8, 4) is 0 Å². The number of nitrogens with zero attached hydrogens (tertiary/aromatic N) is 3. The van der Waals surface area contributed by atoms with Crippen molar-refractivity contribution >= 4 is 11.5 Å². The van der Waals surface area contributed by atoms with E-state index >= 15 is 0 Å². The highest BCUT2D eigenvalue weighted by Crippen LogP contribution is 2.56. The van der Waals surface area contributed by atoms with E-state index in [1.54, 1.807) is 0 Å². The summed E-state index contributed by atoms with van der Waals surface area (Å²) >= 11 is 0. The first-order valence-corrected chi connectivity index (χ1v) is 11.3. The van der Waals surface area contributed by atoms with Gasteiger partial charge in [-0.05, 0) is 61.3 Å². The van der Waals surface area contributed by atoms with Gasteiger partial charge in [0.25, 0.3) is 0 Å². The largest absolute Gasteiger partial charge is 0.376 e. The van der Waals surface area contributed by atoms with Gasteiger partial charge in [0.05, 0.1) is 18.6 Å². The van der Waals surface area contributed by atoms with E-state index in [2.05, 4.69) is 27.8 Å². The summed E-state index contributed by atoms with van der Waals surface area (Å²) in [7, 11) is 0. The number of rotatable bonds is 4.